The van der Waals surface area contributed by atoms with Crippen LogP contribution in [-0.4, -0.2) is 49.0 Å². The van der Waals surface area contributed by atoms with E-state index in [-0.39, 0.29) is 0 Å². The quantitative estimate of drug-likeness (QED) is 0.753. The highest BCUT2D eigenvalue weighted by Gasteiger charge is 2.03. The molecule has 0 N–H and O–H groups in total. The Hall–Kier alpha value is -0.930. The second-order valence-corrected chi connectivity index (χ2v) is 5.29. The highest BCUT2D eigenvalue weighted by molar-refractivity contribution is 5.15. The topological polar surface area (TPSA) is 19.4 Å². The summed E-state index contributed by atoms with van der Waals surface area (Å²) in [5.41, 5.74) is 2.46. The van der Waals surface area contributed by atoms with Gasteiger partial charge in [-0.3, -0.25) is 4.98 Å². The number of likely N-dealkylation sites (N-methyl/N-ethyl adjacent to an activating group) is 2. The normalized spacial score (nSPS) is 11.8. The molecule has 0 aliphatic heterocycles. The van der Waals surface area contributed by atoms with Gasteiger partial charge in [0.05, 0.1) is 0 Å². The Labute approximate surface area is 105 Å². The molecule has 1 aromatic rings. The van der Waals surface area contributed by atoms with Crippen LogP contribution in [0.4, 0.5) is 0 Å². The van der Waals surface area contributed by atoms with Crippen LogP contribution in [-0.2, 0) is 6.54 Å². The third-order valence-electron chi connectivity index (χ3n) is 2.82. The lowest BCUT2D eigenvalue weighted by Crippen LogP contribution is -2.28. The van der Waals surface area contributed by atoms with Crippen LogP contribution in [0, 0.1) is 0 Å². The predicted molar refractivity (Wildman–Crippen MR) is 73.2 cm³/mol. The Morgan fingerprint density at radius 2 is 1.82 bits per heavy atom. The number of rotatable bonds is 6. The van der Waals surface area contributed by atoms with E-state index < -0.39 is 0 Å². The van der Waals surface area contributed by atoms with E-state index in [4.69, 9.17) is 0 Å². The Balaban J connectivity index is 2.45. The van der Waals surface area contributed by atoms with Gasteiger partial charge in [0.2, 0.25) is 0 Å². The van der Waals surface area contributed by atoms with Crippen molar-refractivity contribution in [3.05, 3.63) is 29.6 Å². The molecule has 96 valence electrons. The van der Waals surface area contributed by atoms with Gasteiger partial charge in [0.15, 0.2) is 0 Å². The lowest BCUT2D eigenvalue weighted by molar-refractivity contribution is 0.276. The van der Waals surface area contributed by atoms with Crippen LogP contribution in [0.3, 0.4) is 0 Å². The van der Waals surface area contributed by atoms with Crippen molar-refractivity contribution in [1.82, 2.24) is 14.8 Å². The van der Waals surface area contributed by atoms with Crippen molar-refractivity contribution in [3.8, 4) is 0 Å². The smallest absolute Gasteiger partial charge is 0.0429 e. The number of hydrogen-bond donors (Lipinski definition) is 0. The fraction of sp³-hybridized carbons (Fsp3) is 0.643. The molecular weight excluding hydrogens is 210 g/mol. The molecule has 0 radical (unpaired) electrons. The first-order valence-corrected chi connectivity index (χ1v) is 6.27. The van der Waals surface area contributed by atoms with Crippen LogP contribution in [0.2, 0.25) is 0 Å². The minimum atomic E-state index is 0.510. The van der Waals surface area contributed by atoms with Crippen molar-refractivity contribution in [1.29, 1.82) is 0 Å². The van der Waals surface area contributed by atoms with E-state index >= 15 is 0 Å². The third-order valence-corrected chi connectivity index (χ3v) is 2.82. The molecule has 3 heteroatoms. The average molecular weight is 235 g/mol. The zero-order valence-corrected chi connectivity index (χ0v) is 11.8. The van der Waals surface area contributed by atoms with Crippen LogP contribution in [0.1, 0.15) is 31.0 Å². The van der Waals surface area contributed by atoms with Crippen LogP contribution < -0.4 is 0 Å². The fourth-order valence-corrected chi connectivity index (χ4v) is 1.63. The third kappa shape index (κ3) is 5.29. The highest BCUT2D eigenvalue weighted by atomic mass is 15.1. The van der Waals surface area contributed by atoms with Crippen molar-refractivity contribution in [2.75, 3.05) is 34.2 Å². The summed E-state index contributed by atoms with van der Waals surface area (Å²) in [6.45, 7) is 7.49. The van der Waals surface area contributed by atoms with Gasteiger partial charge in [-0.05, 0) is 38.7 Å². The SMILES string of the molecule is CC(C)c1ccc(CN(C)CCN(C)C)cn1. The lowest BCUT2D eigenvalue weighted by Gasteiger charge is -2.19. The zero-order valence-electron chi connectivity index (χ0n) is 11.8. The minimum Gasteiger partial charge on any atom is -0.308 e. The molecule has 17 heavy (non-hydrogen) atoms. The summed E-state index contributed by atoms with van der Waals surface area (Å²) in [5.74, 6) is 0.510. The summed E-state index contributed by atoms with van der Waals surface area (Å²) in [5, 5.41) is 0. The second-order valence-electron chi connectivity index (χ2n) is 5.29. The molecular formula is C14H25N3. The van der Waals surface area contributed by atoms with E-state index in [0.29, 0.717) is 5.92 Å². The summed E-state index contributed by atoms with van der Waals surface area (Å²) in [4.78, 5) is 9.02. The lowest BCUT2D eigenvalue weighted by atomic mass is 10.1. The van der Waals surface area contributed by atoms with Gasteiger partial charge in [0, 0.05) is 31.5 Å². The van der Waals surface area contributed by atoms with Gasteiger partial charge in [-0.15, -0.1) is 0 Å². The van der Waals surface area contributed by atoms with Gasteiger partial charge in [-0.25, -0.2) is 0 Å². The van der Waals surface area contributed by atoms with Gasteiger partial charge in [0.1, 0.15) is 0 Å². The Morgan fingerprint density at radius 3 is 2.29 bits per heavy atom. The highest BCUT2D eigenvalue weighted by Crippen LogP contribution is 2.11. The van der Waals surface area contributed by atoms with Gasteiger partial charge in [0.25, 0.3) is 0 Å². The molecule has 0 saturated heterocycles. The van der Waals surface area contributed by atoms with Crippen molar-refractivity contribution in [3.63, 3.8) is 0 Å². The molecule has 1 aromatic heterocycles. The van der Waals surface area contributed by atoms with Crippen molar-refractivity contribution < 1.29 is 0 Å². The van der Waals surface area contributed by atoms with Crippen LogP contribution in [0.15, 0.2) is 18.3 Å². The Morgan fingerprint density at radius 1 is 1.12 bits per heavy atom. The van der Waals surface area contributed by atoms with Gasteiger partial charge >= 0.3 is 0 Å². The zero-order chi connectivity index (χ0) is 12.8. The van der Waals surface area contributed by atoms with E-state index in [9.17, 15) is 0 Å². The molecule has 0 aliphatic rings. The van der Waals surface area contributed by atoms with E-state index in [0.717, 1.165) is 19.6 Å². The maximum Gasteiger partial charge on any atom is 0.0429 e. The summed E-state index contributed by atoms with van der Waals surface area (Å²) in [6.07, 6.45) is 2.00. The monoisotopic (exact) mass is 235 g/mol. The van der Waals surface area contributed by atoms with Crippen molar-refractivity contribution >= 4 is 0 Å². The number of nitrogens with zero attached hydrogens (tertiary/aromatic N) is 3. The molecule has 0 saturated carbocycles. The van der Waals surface area contributed by atoms with Crippen LogP contribution >= 0.6 is 0 Å². The van der Waals surface area contributed by atoms with E-state index in [1.807, 2.05) is 6.20 Å². The summed E-state index contributed by atoms with van der Waals surface area (Å²) < 4.78 is 0. The summed E-state index contributed by atoms with van der Waals surface area (Å²) in [7, 11) is 6.36. The summed E-state index contributed by atoms with van der Waals surface area (Å²) >= 11 is 0. The standard InChI is InChI=1S/C14H25N3/c1-12(2)14-7-6-13(10-15-14)11-17(5)9-8-16(3)4/h6-7,10,12H,8-9,11H2,1-5H3. The van der Waals surface area contributed by atoms with Gasteiger partial charge < -0.3 is 9.80 Å². The predicted octanol–water partition coefficient (Wildman–Crippen LogP) is 2.20. The maximum absolute atomic E-state index is 4.49. The first-order valence-electron chi connectivity index (χ1n) is 6.27. The molecule has 3 nitrogen and oxygen atoms in total. The minimum absolute atomic E-state index is 0.510. The van der Waals surface area contributed by atoms with Gasteiger partial charge in [-0.1, -0.05) is 19.9 Å². The Kier molecular flexibility index (Phi) is 5.59. The average Bonchev–Trinajstić information content (AvgIpc) is 2.27. The largest absolute Gasteiger partial charge is 0.308 e. The molecule has 0 bridgehead atoms. The first kappa shape index (κ1) is 14.1. The second kappa shape index (κ2) is 6.72. The van der Waals surface area contributed by atoms with Crippen molar-refractivity contribution in [2.45, 2.75) is 26.3 Å². The number of pyridine rings is 1. The van der Waals surface area contributed by atoms with E-state index in [2.05, 4.69) is 61.9 Å². The molecule has 0 atom stereocenters. The molecule has 0 fully saturated rings. The van der Waals surface area contributed by atoms with Crippen LogP contribution in [0.5, 0.6) is 0 Å². The summed E-state index contributed by atoms with van der Waals surface area (Å²) in [6, 6.07) is 4.33. The maximum atomic E-state index is 4.49. The fourth-order valence-electron chi connectivity index (χ4n) is 1.63. The number of hydrogen-bond acceptors (Lipinski definition) is 3. The molecule has 0 aliphatic carbocycles. The van der Waals surface area contributed by atoms with Gasteiger partial charge in [-0.2, -0.15) is 0 Å². The molecule has 0 unspecified atom stereocenters. The Bertz CT molecular complexity index is 317. The molecule has 1 heterocycles. The van der Waals surface area contributed by atoms with E-state index in [1.54, 1.807) is 0 Å². The molecule has 1 rings (SSSR count). The van der Waals surface area contributed by atoms with Crippen molar-refractivity contribution in [2.24, 2.45) is 0 Å². The first-order chi connectivity index (χ1) is 7.99. The molecule has 0 amide bonds. The van der Waals surface area contributed by atoms with Crippen LogP contribution in [0.25, 0.3) is 0 Å². The molecule has 0 aromatic carbocycles. The van der Waals surface area contributed by atoms with E-state index in [1.165, 1.54) is 11.3 Å². The molecule has 0 spiro atoms. The number of aromatic nitrogens is 1.